The third-order valence-corrected chi connectivity index (χ3v) is 4.11. The Morgan fingerprint density at radius 2 is 2.26 bits per heavy atom. The number of H-pyrrole nitrogens is 1. The lowest BCUT2D eigenvalue weighted by Crippen LogP contribution is -2.38. The highest BCUT2D eigenvalue weighted by Gasteiger charge is 2.25. The molecule has 1 amide bonds. The predicted molar refractivity (Wildman–Crippen MR) is 64.8 cm³/mol. The maximum absolute atomic E-state index is 11.5. The van der Waals surface area contributed by atoms with Crippen LogP contribution >= 0.6 is 7.37 Å². The van der Waals surface area contributed by atoms with Crippen LogP contribution in [-0.4, -0.2) is 55.9 Å². The number of imidazole rings is 1. The van der Waals surface area contributed by atoms with Crippen LogP contribution in [0.2, 0.25) is 0 Å². The number of carbonyl (C=O) groups excluding carboxylic acids is 2. The number of aromatic amines is 1. The Balaban J connectivity index is 2.40. The Bertz CT molecular complexity index is 489. The summed E-state index contributed by atoms with van der Waals surface area (Å²) >= 11 is 0. The molecule has 4 N–H and O–H groups in total. The number of nitrogens with zero attached hydrogens (tertiary/aromatic N) is 2. The van der Waals surface area contributed by atoms with Crippen LogP contribution in [0.4, 0.5) is 0 Å². The van der Waals surface area contributed by atoms with Gasteiger partial charge in [-0.15, -0.1) is 0 Å². The summed E-state index contributed by atoms with van der Waals surface area (Å²) in [6, 6.07) is 0. The summed E-state index contributed by atoms with van der Waals surface area (Å²) in [5.74, 6) is -0.736. The van der Waals surface area contributed by atoms with Crippen molar-refractivity contribution in [1.29, 1.82) is 0 Å². The van der Waals surface area contributed by atoms with Gasteiger partial charge in [-0.25, -0.2) is 10.0 Å². The van der Waals surface area contributed by atoms with E-state index in [1.807, 2.05) is 0 Å². The molecule has 0 aliphatic rings. The Labute approximate surface area is 109 Å². The summed E-state index contributed by atoms with van der Waals surface area (Å²) in [5, 5.41) is 12.1. The van der Waals surface area contributed by atoms with Crippen LogP contribution in [0.25, 0.3) is 0 Å². The molecule has 9 nitrogen and oxygen atoms in total. The average molecular weight is 290 g/mol. The number of aromatic nitrogens is 2. The lowest BCUT2D eigenvalue weighted by atomic mass is 10.4. The summed E-state index contributed by atoms with van der Waals surface area (Å²) in [6.45, 7) is 0.668. The normalized spacial score (nSPS) is 13.8. The van der Waals surface area contributed by atoms with Crippen molar-refractivity contribution in [2.45, 2.75) is 6.92 Å². The fraction of sp³-hybridized carbons (Fsp3) is 0.444. The van der Waals surface area contributed by atoms with Gasteiger partial charge < -0.3 is 9.88 Å². The van der Waals surface area contributed by atoms with Crippen LogP contribution in [0.5, 0.6) is 0 Å². The highest BCUT2D eigenvalue weighted by atomic mass is 31.2. The molecule has 0 spiro atoms. The molecule has 1 atom stereocenters. The maximum Gasteiger partial charge on any atom is 0.296 e. The van der Waals surface area contributed by atoms with Gasteiger partial charge >= 0.3 is 0 Å². The van der Waals surface area contributed by atoms with Crippen molar-refractivity contribution in [3.8, 4) is 0 Å². The number of carbonyl (C=O) groups is 2. The maximum atomic E-state index is 11.5. The first kappa shape index (κ1) is 15.5. The van der Waals surface area contributed by atoms with Crippen LogP contribution in [0.3, 0.4) is 0 Å². The zero-order valence-corrected chi connectivity index (χ0v) is 11.1. The van der Waals surface area contributed by atoms with Gasteiger partial charge in [0.25, 0.3) is 13.3 Å². The van der Waals surface area contributed by atoms with Crippen LogP contribution < -0.4 is 5.32 Å². The molecule has 1 heterocycles. The van der Waals surface area contributed by atoms with E-state index in [4.69, 9.17) is 0 Å². The van der Waals surface area contributed by atoms with Gasteiger partial charge in [-0.2, -0.15) is 0 Å². The van der Waals surface area contributed by atoms with Crippen molar-refractivity contribution >= 4 is 18.8 Å². The Hall–Kier alpha value is -1.54. The van der Waals surface area contributed by atoms with E-state index >= 15 is 0 Å². The summed E-state index contributed by atoms with van der Waals surface area (Å²) in [7, 11) is -3.80. The molecule has 0 aliphatic carbocycles. The minimum Gasteiger partial charge on any atom is -0.341 e. The highest BCUT2D eigenvalue weighted by Crippen LogP contribution is 2.40. The molecule has 0 saturated carbocycles. The third kappa shape index (κ3) is 4.25. The van der Waals surface area contributed by atoms with Gasteiger partial charge in [0.2, 0.25) is 5.52 Å². The molecule has 0 aliphatic heterocycles. The summed E-state index contributed by atoms with van der Waals surface area (Å²) in [6.07, 6.45) is 2.36. The van der Waals surface area contributed by atoms with Crippen molar-refractivity contribution in [2.24, 2.45) is 0 Å². The standard InChI is InChI=1S/C9H15N4O5P/c1-2-19(17,18)8(14)4-11-6-13(16)9(15)7-3-10-5-12-7/h3,5,11,16H,2,4,6H2,1H3,(H,10,12)(H,17,18). The molecular formula is C9H15N4O5P. The van der Waals surface area contributed by atoms with E-state index in [0.29, 0.717) is 5.06 Å². The first-order valence-corrected chi connectivity index (χ1v) is 7.28. The van der Waals surface area contributed by atoms with Gasteiger partial charge in [-0.1, -0.05) is 6.92 Å². The lowest BCUT2D eigenvalue weighted by molar-refractivity contribution is -0.112. The number of hydroxylamine groups is 2. The fourth-order valence-electron chi connectivity index (χ4n) is 1.15. The van der Waals surface area contributed by atoms with Gasteiger partial charge in [0.05, 0.1) is 25.7 Å². The van der Waals surface area contributed by atoms with Crippen molar-refractivity contribution in [3.63, 3.8) is 0 Å². The van der Waals surface area contributed by atoms with Crippen molar-refractivity contribution in [1.82, 2.24) is 20.3 Å². The molecule has 0 fully saturated rings. The molecule has 1 unspecified atom stereocenters. The third-order valence-electron chi connectivity index (χ3n) is 2.32. The van der Waals surface area contributed by atoms with E-state index in [1.165, 1.54) is 19.4 Å². The van der Waals surface area contributed by atoms with Gasteiger partial charge in [-0.05, 0) is 0 Å². The number of amides is 1. The number of hydrogen-bond donors (Lipinski definition) is 4. The molecule has 0 aromatic carbocycles. The van der Waals surface area contributed by atoms with Crippen LogP contribution in [0, 0.1) is 0 Å². The summed E-state index contributed by atoms with van der Waals surface area (Å²) in [5.41, 5.74) is -0.769. The predicted octanol–water partition coefficient (Wildman–Crippen LogP) is -0.395. The summed E-state index contributed by atoms with van der Waals surface area (Å²) < 4.78 is 11.3. The molecule has 19 heavy (non-hydrogen) atoms. The second-order valence-electron chi connectivity index (χ2n) is 3.67. The van der Waals surface area contributed by atoms with Gasteiger partial charge in [0.1, 0.15) is 5.69 Å². The van der Waals surface area contributed by atoms with Gasteiger partial charge in [-0.3, -0.25) is 24.7 Å². The molecule has 106 valence electrons. The van der Waals surface area contributed by atoms with Crippen LogP contribution in [-0.2, 0) is 9.36 Å². The molecule has 1 aromatic rings. The van der Waals surface area contributed by atoms with Crippen molar-refractivity contribution < 1.29 is 24.3 Å². The summed E-state index contributed by atoms with van der Waals surface area (Å²) in [4.78, 5) is 38.2. The van der Waals surface area contributed by atoms with E-state index in [0.717, 1.165) is 0 Å². The molecule has 1 aromatic heterocycles. The number of nitrogens with one attached hydrogen (secondary N) is 2. The molecule has 1 rings (SSSR count). The van der Waals surface area contributed by atoms with Gasteiger partial charge in [0, 0.05) is 6.16 Å². The first-order valence-electron chi connectivity index (χ1n) is 5.43. The Morgan fingerprint density at radius 3 is 2.79 bits per heavy atom. The second-order valence-corrected chi connectivity index (χ2v) is 6.20. The van der Waals surface area contributed by atoms with Crippen molar-refractivity contribution in [2.75, 3.05) is 19.4 Å². The quantitative estimate of drug-likeness (QED) is 0.232. The highest BCUT2D eigenvalue weighted by molar-refractivity contribution is 7.75. The SMILES string of the molecule is CCP(=O)(O)C(=O)CNCN(O)C(=O)c1cnc[nH]1. The second kappa shape index (κ2) is 6.58. The zero-order valence-electron chi connectivity index (χ0n) is 10.2. The number of hydrogen-bond acceptors (Lipinski definition) is 6. The lowest BCUT2D eigenvalue weighted by Gasteiger charge is -2.15. The Kier molecular flexibility index (Phi) is 5.37. The topological polar surface area (TPSA) is 136 Å². The molecule has 10 heteroatoms. The molecule has 0 bridgehead atoms. The minimum atomic E-state index is -3.80. The van der Waals surface area contributed by atoms with Crippen LogP contribution in [0.1, 0.15) is 17.4 Å². The van der Waals surface area contributed by atoms with E-state index < -0.39 is 25.3 Å². The first-order chi connectivity index (χ1) is 8.88. The van der Waals surface area contributed by atoms with Gasteiger partial charge in [0.15, 0.2) is 0 Å². The minimum absolute atomic E-state index is 0.0806. The van der Waals surface area contributed by atoms with Crippen molar-refractivity contribution in [3.05, 3.63) is 18.2 Å². The van der Waals surface area contributed by atoms with E-state index in [1.54, 1.807) is 0 Å². The number of rotatable bonds is 7. The fourth-order valence-corrected chi connectivity index (χ4v) is 1.86. The Morgan fingerprint density at radius 1 is 1.58 bits per heavy atom. The molecular weight excluding hydrogens is 275 g/mol. The van der Waals surface area contributed by atoms with E-state index in [2.05, 4.69) is 15.3 Å². The molecule has 0 radical (unpaired) electrons. The van der Waals surface area contributed by atoms with E-state index in [-0.39, 0.29) is 18.5 Å². The smallest absolute Gasteiger partial charge is 0.296 e. The zero-order chi connectivity index (χ0) is 14.5. The van der Waals surface area contributed by atoms with Crippen LogP contribution in [0.15, 0.2) is 12.5 Å². The molecule has 0 saturated heterocycles. The largest absolute Gasteiger partial charge is 0.341 e. The monoisotopic (exact) mass is 290 g/mol. The van der Waals surface area contributed by atoms with E-state index in [9.17, 15) is 24.3 Å². The average Bonchev–Trinajstić information content (AvgIpc) is 2.91.